The normalized spacial score (nSPS) is 12.2. The number of nitrogens with zero attached hydrogens (tertiary/aromatic N) is 2. The number of amides is 1. The monoisotopic (exact) mass is 310 g/mol. The average molecular weight is 311 g/mol. The summed E-state index contributed by atoms with van der Waals surface area (Å²) in [4.78, 5) is 17.5. The summed E-state index contributed by atoms with van der Waals surface area (Å²) in [6.45, 7) is 1.83. The summed E-state index contributed by atoms with van der Waals surface area (Å²) < 4.78 is 5.65. The van der Waals surface area contributed by atoms with Gasteiger partial charge < -0.3 is 9.32 Å². The van der Waals surface area contributed by atoms with E-state index in [1.54, 1.807) is 37.3 Å². The van der Waals surface area contributed by atoms with Gasteiger partial charge in [0.2, 0.25) is 5.91 Å². The minimum Gasteiger partial charge on any atom is -0.431 e. The number of aromatic nitrogens is 1. The number of carbonyl (C=O) groups excluding carboxylic acids is 1. The van der Waals surface area contributed by atoms with Crippen LogP contribution in [0.2, 0.25) is 5.02 Å². The van der Waals surface area contributed by atoms with Crippen LogP contribution >= 0.6 is 23.4 Å². The fourth-order valence-corrected chi connectivity index (χ4v) is 2.62. The van der Waals surface area contributed by atoms with Crippen molar-refractivity contribution in [3.63, 3.8) is 0 Å². The van der Waals surface area contributed by atoms with Gasteiger partial charge in [-0.15, -0.1) is 0 Å². The second kappa shape index (κ2) is 6.33. The molecule has 0 aliphatic heterocycles. The van der Waals surface area contributed by atoms with E-state index in [2.05, 4.69) is 4.98 Å². The zero-order chi connectivity index (χ0) is 14.7. The number of hydrogen-bond donors (Lipinski definition) is 0. The van der Waals surface area contributed by atoms with Crippen molar-refractivity contribution in [1.82, 2.24) is 9.88 Å². The third-order valence-electron chi connectivity index (χ3n) is 2.68. The molecule has 0 spiro atoms. The van der Waals surface area contributed by atoms with Crippen LogP contribution < -0.4 is 0 Å². The van der Waals surface area contributed by atoms with Crippen LogP contribution in [0.5, 0.6) is 0 Å². The number of hydrogen-bond acceptors (Lipinski definition) is 4. The lowest BCUT2D eigenvalue weighted by Crippen LogP contribution is -2.29. The van der Waals surface area contributed by atoms with Gasteiger partial charge in [-0.1, -0.05) is 23.4 Å². The molecule has 1 aromatic heterocycles. The Hall–Kier alpha value is -1.46. The Bertz CT molecular complexity index is 595. The quantitative estimate of drug-likeness (QED) is 0.810. The zero-order valence-corrected chi connectivity index (χ0v) is 13.0. The number of carbonyl (C=O) groups is 1. The Morgan fingerprint density at radius 3 is 2.60 bits per heavy atom. The Morgan fingerprint density at radius 1 is 1.35 bits per heavy atom. The molecule has 1 amide bonds. The highest BCUT2D eigenvalue weighted by atomic mass is 35.5. The van der Waals surface area contributed by atoms with Crippen molar-refractivity contribution >= 4 is 29.3 Å². The Morgan fingerprint density at radius 2 is 2.00 bits per heavy atom. The molecule has 1 aromatic carbocycles. The van der Waals surface area contributed by atoms with Crippen molar-refractivity contribution < 1.29 is 9.21 Å². The summed E-state index contributed by atoms with van der Waals surface area (Å²) >= 11 is 7.15. The van der Waals surface area contributed by atoms with Crippen LogP contribution in [0.15, 0.2) is 40.1 Å². The molecule has 1 heterocycles. The fraction of sp³-hybridized carbons (Fsp3) is 0.286. The molecule has 0 fully saturated rings. The van der Waals surface area contributed by atoms with Gasteiger partial charge in [0.05, 0.1) is 11.4 Å². The van der Waals surface area contributed by atoms with E-state index in [1.807, 2.05) is 19.1 Å². The van der Waals surface area contributed by atoms with Crippen molar-refractivity contribution in [3.8, 4) is 11.3 Å². The van der Waals surface area contributed by atoms with Crippen LogP contribution in [-0.4, -0.2) is 35.1 Å². The SMILES string of the molecule is CC(Sc1ncc(-c2ccc(Cl)cc2)o1)C(=O)N(C)C. The molecule has 0 bridgehead atoms. The molecule has 0 saturated carbocycles. The van der Waals surface area contributed by atoms with Crippen molar-refractivity contribution in [3.05, 3.63) is 35.5 Å². The first kappa shape index (κ1) is 14.9. The fourth-order valence-electron chi connectivity index (χ4n) is 1.63. The lowest BCUT2D eigenvalue weighted by atomic mass is 10.2. The number of rotatable bonds is 4. The summed E-state index contributed by atoms with van der Waals surface area (Å²) in [5, 5.41) is 0.924. The Kier molecular flexibility index (Phi) is 4.73. The van der Waals surface area contributed by atoms with Gasteiger partial charge in [-0.25, -0.2) is 4.98 Å². The smallest absolute Gasteiger partial charge is 0.256 e. The van der Waals surface area contributed by atoms with E-state index in [4.69, 9.17) is 16.0 Å². The molecular formula is C14H15ClN2O2S. The van der Waals surface area contributed by atoms with Crippen molar-refractivity contribution in [2.45, 2.75) is 17.4 Å². The molecule has 4 nitrogen and oxygen atoms in total. The molecule has 1 atom stereocenters. The molecule has 2 aromatic rings. The molecule has 1 unspecified atom stereocenters. The van der Waals surface area contributed by atoms with Gasteiger partial charge in [0.25, 0.3) is 5.22 Å². The molecule has 20 heavy (non-hydrogen) atoms. The predicted molar refractivity (Wildman–Crippen MR) is 81.0 cm³/mol. The van der Waals surface area contributed by atoms with Gasteiger partial charge in [0.15, 0.2) is 5.76 Å². The van der Waals surface area contributed by atoms with Crippen molar-refractivity contribution in [2.24, 2.45) is 0 Å². The number of oxazole rings is 1. The lowest BCUT2D eigenvalue weighted by molar-refractivity contribution is -0.127. The predicted octanol–water partition coefficient (Wildman–Crippen LogP) is 3.56. The van der Waals surface area contributed by atoms with Crippen LogP contribution in [0.1, 0.15) is 6.92 Å². The highest BCUT2D eigenvalue weighted by Gasteiger charge is 2.19. The first-order chi connectivity index (χ1) is 9.47. The second-order valence-electron chi connectivity index (χ2n) is 4.49. The van der Waals surface area contributed by atoms with E-state index in [1.165, 1.54) is 11.8 Å². The Balaban J connectivity index is 2.09. The minimum atomic E-state index is -0.235. The van der Waals surface area contributed by atoms with E-state index in [-0.39, 0.29) is 11.2 Å². The van der Waals surface area contributed by atoms with Crippen LogP contribution in [-0.2, 0) is 4.79 Å². The van der Waals surface area contributed by atoms with Crippen LogP contribution in [0.25, 0.3) is 11.3 Å². The van der Waals surface area contributed by atoms with Crippen molar-refractivity contribution in [2.75, 3.05) is 14.1 Å². The van der Waals surface area contributed by atoms with Crippen LogP contribution in [0.4, 0.5) is 0 Å². The second-order valence-corrected chi connectivity index (χ2v) is 6.22. The maximum absolute atomic E-state index is 11.8. The number of benzene rings is 1. The molecule has 6 heteroatoms. The first-order valence-electron chi connectivity index (χ1n) is 6.07. The maximum atomic E-state index is 11.8. The van der Waals surface area contributed by atoms with Crippen LogP contribution in [0, 0.1) is 0 Å². The van der Waals surface area contributed by atoms with E-state index < -0.39 is 0 Å². The number of halogens is 1. The third kappa shape index (κ3) is 3.55. The van der Waals surface area contributed by atoms with Gasteiger partial charge in [-0.3, -0.25) is 4.79 Å². The molecule has 0 aliphatic rings. The highest BCUT2D eigenvalue weighted by molar-refractivity contribution is 8.00. The van der Waals surface area contributed by atoms with Gasteiger partial charge in [-0.2, -0.15) is 0 Å². The molecule has 0 saturated heterocycles. The maximum Gasteiger partial charge on any atom is 0.256 e. The lowest BCUT2D eigenvalue weighted by Gasteiger charge is -2.14. The standard InChI is InChI=1S/C14H15ClN2O2S/c1-9(13(18)17(2)3)20-14-16-8-12(19-14)10-4-6-11(15)7-5-10/h4-9H,1-3H3. The topological polar surface area (TPSA) is 46.3 Å². The summed E-state index contributed by atoms with van der Waals surface area (Å²) in [5.41, 5.74) is 0.903. The Labute approximate surface area is 127 Å². The zero-order valence-electron chi connectivity index (χ0n) is 11.5. The summed E-state index contributed by atoms with van der Waals surface area (Å²) in [6, 6.07) is 7.33. The number of thioether (sulfide) groups is 1. The first-order valence-corrected chi connectivity index (χ1v) is 7.32. The van der Waals surface area contributed by atoms with E-state index >= 15 is 0 Å². The summed E-state index contributed by atoms with van der Waals surface area (Å²) in [5.74, 6) is 0.690. The highest BCUT2D eigenvalue weighted by Crippen LogP contribution is 2.28. The molecule has 0 radical (unpaired) electrons. The van der Waals surface area contributed by atoms with Crippen molar-refractivity contribution in [1.29, 1.82) is 0 Å². The van der Waals surface area contributed by atoms with E-state index in [9.17, 15) is 4.79 Å². The minimum absolute atomic E-state index is 0.0289. The van der Waals surface area contributed by atoms with E-state index in [0.29, 0.717) is 16.0 Å². The van der Waals surface area contributed by atoms with Gasteiger partial charge in [0.1, 0.15) is 0 Å². The summed E-state index contributed by atoms with van der Waals surface area (Å²) in [7, 11) is 3.46. The molecule has 106 valence electrons. The van der Waals surface area contributed by atoms with Gasteiger partial charge in [-0.05, 0) is 31.2 Å². The van der Waals surface area contributed by atoms with Gasteiger partial charge in [0, 0.05) is 24.7 Å². The van der Waals surface area contributed by atoms with E-state index in [0.717, 1.165) is 5.56 Å². The van der Waals surface area contributed by atoms with Gasteiger partial charge >= 0.3 is 0 Å². The molecular weight excluding hydrogens is 296 g/mol. The van der Waals surface area contributed by atoms with Crippen LogP contribution in [0.3, 0.4) is 0 Å². The average Bonchev–Trinajstić information content (AvgIpc) is 2.87. The molecule has 0 N–H and O–H groups in total. The third-order valence-corrected chi connectivity index (χ3v) is 3.88. The largest absolute Gasteiger partial charge is 0.431 e. The molecule has 2 rings (SSSR count). The molecule has 0 aliphatic carbocycles. The summed E-state index contributed by atoms with van der Waals surface area (Å²) in [6.07, 6.45) is 1.65.